The van der Waals surface area contributed by atoms with Gasteiger partial charge in [0, 0.05) is 32.0 Å². The third-order valence-electron chi connectivity index (χ3n) is 5.84. The van der Waals surface area contributed by atoms with Gasteiger partial charge in [0.2, 0.25) is 0 Å². The Morgan fingerprint density at radius 2 is 2.10 bits per heavy atom. The summed E-state index contributed by atoms with van der Waals surface area (Å²) in [5, 5.41) is 21.8. The number of carboxylic acid groups (broad SMARTS) is 1. The van der Waals surface area contributed by atoms with Crippen LogP contribution < -0.4 is 10.2 Å². The number of nitrogens with one attached hydrogen (secondary N) is 1. The predicted molar refractivity (Wildman–Crippen MR) is 121 cm³/mol. The maximum absolute atomic E-state index is 11.3. The Balaban J connectivity index is 1.99. The fourth-order valence-corrected chi connectivity index (χ4v) is 4.16. The quantitative estimate of drug-likeness (QED) is 0.606. The zero-order valence-electron chi connectivity index (χ0n) is 18.2. The van der Waals surface area contributed by atoms with E-state index >= 15 is 0 Å². The zero-order chi connectivity index (χ0) is 22.2. The zero-order valence-corrected chi connectivity index (χ0v) is 18.2. The first-order valence-electron chi connectivity index (χ1n) is 10.9. The van der Waals surface area contributed by atoms with E-state index in [1.54, 1.807) is 18.3 Å². The first-order chi connectivity index (χ1) is 15.0. The van der Waals surface area contributed by atoms with Crippen LogP contribution in [-0.2, 0) is 9.53 Å². The number of hydrogen-bond acceptors (Lipinski definition) is 6. The van der Waals surface area contributed by atoms with Crippen molar-refractivity contribution in [3.8, 4) is 6.07 Å². The Bertz CT molecular complexity index is 917. The number of pyridine rings is 1. The lowest BCUT2D eigenvalue weighted by atomic mass is 9.92. The standard InChI is InChI=1S/C24H30N4O3/c1-3-18(14-24(29)30)19-6-7-22(28(4-2)20-9-11-31-12-10-20)21(13-19)27-23-8-5-17(15-25)16-26-23/h5-8,13,16,18,20H,3-4,9-12,14H2,1-2H3,(H,26,27)(H,29,30)/t18-/m0/s1. The summed E-state index contributed by atoms with van der Waals surface area (Å²) in [5.74, 6) is -0.206. The van der Waals surface area contributed by atoms with Gasteiger partial charge in [-0.15, -0.1) is 0 Å². The molecule has 0 amide bonds. The lowest BCUT2D eigenvalue weighted by molar-refractivity contribution is -0.137. The smallest absolute Gasteiger partial charge is 0.303 e. The van der Waals surface area contributed by atoms with E-state index in [0.717, 1.165) is 56.0 Å². The molecule has 0 aliphatic carbocycles. The van der Waals surface area contributed by atoms with Crippen molar-refractivity contribution in [2.24, 2.45) is 0 Å². The Labute approximate surface area is 183 Å². The first-order valence-corrected chi connectivity index (χ1v) is 10.9. The van der Waals surface area contributed by atoms with Crippen LogP contribution in [0.1, 0.15) is 56.6 Å². The van der Waals surface area contributed by atoms with Crippen LogP contribution in [0.15, 0.2) is 36.5 Å². The topological polar surface area (TPSA) is 98.5 Å². The minimum absolute atomic E-state index is 0.0563. The third kappa shape index (κ3) is 5.74. The van der Waals surface area contributed by atoms with Gasteiger partial charge >= 0.3 is 5.97 Å². The van der Waals surface area contributed by atoms with Crippen LogP contribution in [-0.4, -0.2) is 41.9 Å². The van der Waals surface area contributed by atoms with Gasteiger partial charge < -0.3 is 20.1 Å². The van der Waals surface area contributed by atoms with Crippen LogP contribution >= 0.6 is 0 Å². The molecule has 164 valence electrons. The molecule has 31 heavy (non-hydrogen) atoms. The minimum Gasteiger partial charge on any atom is -0.481 e. The van der Waals surface area contributed by atoms with E-state index in [9.17, 15) is 9.90 Å². The van der Waals surface area contributed by atoms with Crippen LogP contribution in [0.2, 0.25) is 0 Å². The van der Waals surface area contributed by atoms with Gasteiger partial charge in [-0.1, -0.05) is 13.0 Å². The lowest BCUT2D eigenvalue weighted by Gasteiger charge is -2.36. The summed E-state index contributed by atoms with van der Waals surface area (Å²) in [6, 6.07) is 12.2. The van der Waals surface area contributed by atoms with Crippen molar-refractivity contribution in [3.63, 3.8) is 0 Å². The number of aliphatic carboxylic acids is 1. The second kappa shape index (κ2) is 10.8. The predicted octanol–water partition coefficient (Wildman–Crippen LogP) is 4.67. The maximum Gasteiger partial charge on any atom is 0.303 e. The number of benzene rings is 1. The molecule has 7 nitrogen and oxygen atoms in total. The monoisotopic (exact) mass is 422 g/mol. The largest absolute Gasteiger partial charge is 0.481 e. The van der Waals surface area contributed by atoms with E-state index in [1.807, 2.05) is 19.1 Å². The fraction of sp³-hybridized carbons (Fsp3) is 0.458. The van der Waals surface area contributed by atoms with Crippen molar-refractivity contribution in [2.45, 2.75) is 51.5 Å². The molecule has 2 N–H and O–H groups in total. The lowest BCUT2D eigenvalue weighted by Crippen LogP contribution is -2.39. The summed E-state index contributed by atoms with van der Waals surface area (Å²) in [7, 11) is 0. The van der Waals surface area contributed by atoms with Gasteiger partial charge in [0.1, 0.15) is 11.9 Å². The number of nitriles is 1. The molecule has 0 saturated carbocycles. The number of aromatic nitrogens is 1. The van der Waals surface area contributed by atoms with Crippen molar-refractivity contribution in [1.29, 1.82) is 5.26 Å². The Hall–Kier alpha value is -3.11. The third-order valence-corrected chi connectivity index (χ3v) is 5.84. The van der Waals surface area contributed by atoms with Gasteiger partial charge in [0.05, 0.1) is 23.4 Å². The number of carbonyl (C=O) groups is 1. The molecule has 1 saturated heterocycles. The summed E-state index contributed by atoms with van der Waals surface area (Å²) in [6.07, 6.45) is 4.34. The van der Waals surface area contributed by atoms with Crippen LogP contribution in [0.25, 0.3) is 0 Å². The van der Waals surface area contributed by atoms with E-state index < -0.39 is 5.97 Å². The van der Waals surface area contributed by atoms with Gasteiger partial charge in [-0.05, 0) is 61.9 Å². The molecule has 1 atom stereocenters. The van der Waals surface area contributed by atoms with Crippen molar-refractivity contribution in [3.05, 3.63) is 47.7 Å². The molecule has 0 unspecified atom stereocenters. The van der Waals surface area contributed by atoms with Crippen molar-refractivity contribution in [2.75, 3.05) is 30.0 Å². The molecule has 1 aliphatic heterocycles. The number of rotatable bonds is 9. The molecular formula is C24H30N4O3. The Kier molecular flexibility index (Phi) is 7.85. The molecule has 0 bridgehead atoms. The van der Waals surface area contributed by atoms with Crippen LogP contribution in [0, 0.1) is 11.3 Å². The van der Waals surface area contributed by atoms with Crippen LogP contribution in [0.5, 0.6) is 0 Å². The molecule has 7 heteroatoms. The summed E-state index contributed by atoms with van der Waals surface area (Å²) in [5.41, 5.74) is 3.46. The highest BCUT2D eigenvalue weighted by atomic mass is 16.5. The molecule has 2 aromatic rings. The number of carboxylic acids is 1. The van der Waals surface area contributed by atoms with E-state index in [4.69, 9.17) is 10.00 Å². The molecule has 3 rings (SSSR count). The van der Waals surface area contributed by atoms with Crippen molar-refractivity contribution in [1.82, 2.24) is 4.98 Å². The second-order valence-electron chi connectivity index (χ2n) is 7.78. The fourth-order valence-electron chi connectivity index (χ4n) is 4.16. The van der Waals surface area contributed by atoms with E-state index in [2.05, 4.69) is 34.3 Å². The molecule has 1 aliphatic rings. The average Bonchev–Trinajstić information content (AvgIpc) is 2.80. The summed E-state index contributed by atoms with van der Waals surface area (Å²) >= 11 is 0. The van der Waals surface area contributed by atoms with Gasteiger partial charge in [0.25, 0.3) is 0 Å². The van der Waals surface area contributed by atoms with Gasteiger partial charge in [-0.3, -0.25) is 4.79 Å². The van der Waals surface area contributed by atoms with E-state index in [-0.39, 0.29) is 12.3 Å². The molecular weight excluding hydrogens is 392 g/mol. The number of ether oxygens (including phenoxy) is 1. The number of anilines is 3. The Morgan fingerprint density at radius 1 is 1.32 bits per heavy atom. The van der Waals surface area contributed by atoms with E-state index in [1.165, 1.54) is 0 Å². The highest BCUT2D eigenvalue weighted by Gasteiger charge is 2.24. The van der Waals surface area contributed by atoms with Gasteiger partial charge in [-0.2, -0.15) is 5.26 Å². The normalized spacial score (nSPS) is 15.1. The highest BCUT2D eigenvalue weighted by molar-refractivity contribution is 5.76. The summed E-state index contributed by atoms with van der Waals surface area (Å²) in [6.45, 7) is 6.53. The van der Waals surface area contributed by atoms with Crippen molar-refractivity contribution >= 4 is 23.2 Å². The molecule has 0 spiro atoms. The average molecular weight is 423 g/mol. The minimum atomic E-state index is -0.795. The van der Waals surface area contributed by atoms with Crippen molar-refractivity contribution < 1.29 is 14.6 Å². The first kappa shape index (κ1) is 22.6. The summed E-state index contributed by atoms with van der Waals surface area (Å²) in [4.78, 5) is 18.1. The maximum atomic E-state index is 11.3. The highest BCUT2D eigenvalue weighted by Crippen LogP contribution is 2.36. The number of nitrogens with zero attached hydrogens (tertiary/aromatic N) is 3. The molecule has 1 fully saturated rings. The molecule has 0 radical (unpaired) electrons. The SMILES string of the molecule is CC[C@@H](CC(=O)O)c1ccc(N(CC)C2CCOCC2)c(Nc2ccc(C#N)cn2)c1. The van der Waals surface area contributed by atoms with Crippen LogP contribution in [0.3, 0.4) is 0 Å². The Morgan fingerprint density at radius 3 is 2.68 bits per heavy atom. The van der Waals surface area contributed by atoms with Gasteiger partial charge in [-0.25, -0.2) is 4.98 Å². The van der Waals surface area contributed by atoms with Crippen LogP contribution in [0.4, 0.5) is 17.2 Å². The van der Waals surface area contributed by atoms with E-state index in [0.29, 0.717) is 17.4 Å². The molecule has 1 aromatic carbocycles. The summed E-state index contributed by atoms with van der Waals surface area (Å²) < 4.78 is 5.55. The second-order valence-corrected chi connectivity index (χ2v) is 7.78. The molecule has 1 aromatic heterocycles. The number of hydrogen-bond donors (Lipinski definition) is 2. The molecule has 2 heterocycles. The van der Waals surface area contributed by atoms with Gasteiger partial charge in [0.15, 0.2) is 0 Å².